The van der Waals surface area contributed by atoms with Gasteiger partial charge in [-0.3, -0.25) is 4.79 Å². The number of benzene rings is 2. The quantitative estimate of drug-likeness (QED) is 0.556. The van der Waals surface area contributed by atoms with E-state index in [-0.39, 0.29) is 24.9 Å². The zero-order valence-electron chi connectivity index (χ0n) is 16.5. The molecule has 1 N–H and O–H groups in total. The number of amides is 1. The largest absolute Gasteiger partial charge is 0.374 e. The predicted octanol–water partition coefficient (Wildman–Crippen LogP) is 4.70. The van der Waals surface area contributed by atoms with Crippen molar-refractivity contribution in [1.82, 2.24) is 4.90 Å². The van der Waals surface area contributed by atoms with Gasteiger partial charge in [0.05, 0.1) is 6.61 Å². The van der Waals surface area contributed by atoms with Crippen LogP contribution < -0.4 is 5.32 Å². The third-order valence-electron chi connectivity index (χ3n) is 4.25. The van der Waals surface area contributed by atoms with Crippen molar-refractivity contribution in [2.24, 2.45) is 0 Å². The third-order valence-corrected chi connectivity index (χ3v) is 4.25. The van der Waals surface area contributed by atoms with Crippen LogP contribution in [0.3, 0.4) is 0 Å². The Morgan fingerprint density at radius 2 is 1.80 bits per heavy atom. The van der Waals surface area contributed by atoms with Crippen LogP contribution in [0.2, 0.25) is 0 Å². The number of alkyl halides is 4. The monoisotopic (exact) mass is 430 g/mol. The number of halogens is 5. The van der Waals surface area contributed by atoms with Gasteiger partial charge in [-0.25, -0.2) is 13.2 Å². The molecule has 0 fully saturated rings. The Hall–Kier alpha value is -2.68. The maximum absolute atomic E-state index is 13.3. The summed E-state index contributed by atoms with van der Waals surface area (Å²) in [5, 5.41) is 3.00. The maximum Gasteiger partial charge on any atom is 0.330 e. The highest BCUT2D eigenvalue weighted by molar-refractivity contribution is 5.84. The molecular formula is C21H23F5N2O2. The van der Waals surface area contributed by atoms with Gasteiger partial charge in [-0.1, -0.05) is 24.3 Å². The molecule has 0 aliphatic heterocycles. The molecule has 0 aliphatic carbocycles. The molecule has 2 rings (SSSR count). The van der Waals surface area contributed by atoms with E-state index in [2.05, 4.69) is 5.32 Å². The molecule has 0 spiro atoms. The number of carbonyl (C=O) groups excluding carboxylic acids is 1. The van der Waals surface area contributed by atoms with Gasteiger partial charge in [0, 0.05) is 19.3 Å². The average molecular weight is 430 g/mol. The normalized spacial score (nSPS) is 12.7. The fraction of sp³-hybridized carbons (Fsp3) is 0.381. The predicted molar refractivity (Wildman–Crippen MR) is 103 cm³/mol. The molecule has 2 aromatic rings. The van der Waals surface area contributed by atoms with Gasteiger partial charge in [-0.15, -0.1) is 0 Å². The SMILES string of the molecule is CC(Nc1cccc(COCC(F)(F)C(F)F)c1)C(=O)N(C)Cc1cccc(F)c1. The van der Waals surface area contributed by atoms with Gasteiger partial charge < -0.3 is 15.0 Å². The van der Waals surface area contributed by atoms with Crippen molar-refractivity contribution >= 4 is 11.6 Å². The first kappa shape index (κ1) is 23.6. The molecule has 164 valence electrons. The van der Waals surface area contributed by atoms with E-state index >= 15 is 0 Å². The molecule has 30 heavy (non-hydrogen) atoms. The number of nitrogens with one attached hydrogen (secondary N) is 1. The lowest BCUT2D eigenvalue weighted by Gasteiger charge is -2.23. The topological polar surface area (TPSA) is 41.6 Å². The molecule has 2 aromatic carbocycles. The van der Waals surface area contributed by atoms with E-state index < -0.39 is 25.0 Å². The minimum Gasteiger partial charge on any atom is -0.374 e. The molecule has 0 heterocycles. The summed E-state index contributed by atoms with van der Waals surface area (Å²) in [4.78, 5) is 14.0. The number of nitrogens with zero attached hydrogens (tertiary/aromatic N) is 1. The third kappa shape index (κ3) is 6.98. The van der Waals surface area contributed by atoms with E-state index in [1.165, 1.54) is 17.0 Å². The maximum atomic E-state index is 13.3. The molecule has 0 saturated heterocycles. The highest BCUT2D eigenvalue weighted by Crippen LogP contribution is 2.23. The second kappa shape index (κ2) is 10.4. The van der Waals surface area contributed by atoms with Crippen LogP contribution in [0.15, 0.2) is 48.5 Å². The molecule has 4 nitrogen and oxygen atoms in total. The van der Waals surface area contributed by atoms with Crippen LogP contribution in [-0.2, 0) is 22.7 Å². The standard InChI is InChI=1S/C21H23F5N2O2/c1-14(19(29)28(2)11-15-5-3-7-17(22)9-15)27-18-8-4-6-16(10-18)12-30-13-21(25,26)20(23)24/h3-10,14,20,27H,11-13H2,1-2H3. The first-order chi connectivity index (χ1) is 14.1. The first-order valence-corrected chi connectivity index (χ1v) is 9.17. The summed E-state index contributed by atoms with van der Waals surface area (Å²) in [6, 6.07) is 11.8. The van der Waals surface area contributed by atoms with Crippen LogP contribution in [0, 0.1) is 5.82 Å². The fourth-order valence-corrected chi connectivity index (χ4v) is 2.75. The smallest absolute Gasteiger partial charge is 0.330 e. The van der Waals surface area contributed by atoms with Gasteiger partial charge in [0.25, 0.3) is 0 Å². The summed E-state index contributed by atoms with van der Waals surface area (Å²) in [7, 11) is 1.60. The molecule has 0 aromatic heterocycles. The van der Waals surface area contributed by atoms with Gasteiger partial charge in [-0.05, 0) is 42.3 Å². The molecule has 1 amide bonds. The van der Waals surface area contributed by atoms with E-state index in [1.54, 1.807) is 50.4 Å². The van der Waals surface area contributed by atoms with Crippen molar-refractivity contribution < 1.29 is 31.5 Å². The lowest BCUT2D eigenvalue weighted by atomic mass is 10.1. The molecule has 0 saturated carbocycles. The van der Waals surface area contributed by atoms with Crippen molar-refractivity contribution in [3.63, 3.8) is 0 Å². The summed E-state index contributed by atoms with van der Waals surface area (Å²) in [6.45, 7) is 0.216. The number of carbonyl (C=O) groups is 1. The number of hydrogen-bond acceptors (Lipinski definition) is 3. The number of hydrogen-bond donors (Lipinski definition) is 1. The Balaban J connectivity index is 1.90. The van der Waals surface area contributed by atoms with Crippen molar-refractivity contribution in [2.45, 2.75) is 38.5 Å². The van der Waals surface area contributed by atoms with Crippen molar-refractivity contribution in [2.75, 3.05) is 19.0 Å². The van der Waals surface area contributed by atoms with Gasteiger partial charge in [0.15, 0.2) is 0 Å². The van der Waals surface area contributed by atoms with E-state index in [9.17, 15) is 26.7 Å². The molecule has 0 bridgehead atoms. The zero-order valence-corrected chi connectivity index (χ0v) is 16.5. The number of ether oxygens (including phenoxy) is 1. The number of anilines is 1. The Morgan fingerprint density at radius 1 is 1.13 bits per heavy atom. The molecule has 1 unspecified atom stereocenters. The van der Waals surface area contributed by atoms with Crippen LogP contribution >= 0.6 is 0 Å². The summed E-state index contributed by atoms with van der Waals surface area (Å²) in [5.74, 6) is -4.83. The summed E-state index contributed by atoms with van der Waals surface area (Å²) < 4.78 is 68.1. The Morgan fingerprint density at radius 3 is 2.47 bits per heavy atom. The Labute approximate surface area is 171 Å². The zero-order chi connectivity index (χ0) is 22.3. The van der Waals surface area contributed by atoms with Crippen LogP contribution in [0.5, 0.6) is 0 Å². The lowest BCUT2D eigenvalue weighted by Crippen LogP contribution is -2.38. The van der Waals surface area contributed by atoms with Crippen LogP contribution in [0.25, 0.3) is 0 Å². The molecule has 0 radical (unpaired) electrons. The van der Waals surface area contributed by atoms with Crippen LogP contribution in [0.4, 0.5) is 27.6 Å². The van der Waals surface area contributed by atoms with E-state index in [1.807, 2.05) is 0 Å². The Kier molecular flexibility index (Phi) is 8.16. The van der Waals surface area contributed by atoms with Crippen molar-refractivity contribution in [1.29, 1.82) is 0 Å². The molecule has 1 atom stereocenters. The van der Waals surface area contributed by atoms with Gasteiger partial charge in [0.2, 0.25) is 5.91 Å². The van der Waals surface area contributed by atoms with Gasteiger partial charge >= 0.3 is 12.3 Å². The average Bonchev–Trinajstić information content (AvgIpc) is 2.67. The summed E-state index contributed by atoms with van der Waals surface area (Å²) in [5.41, 5.74) is 1.67. The van der Waals surface area contributed by atoms with Crippen LogP contribution in [-0.4, -0.2) is 42.9 Å². The lowest BCUT2D eigenvalue weighted by molar-refractivity contribution is -0.168. The van der Waals surface area contributed by atoms with Gasteiger partial charge in [-0.2, -0.15) is 8.78 Å². The van der Waals surface area contributed by atoms with E-state index in [0.717, 1.165) is 0 Å². The molecule has 9 heteroatoms. The molecular weight excluding hydrogens is 407 g/mol. The van der Waals surface area contributed by atoms with E-state index in [4.69, 9.17) is 4.74 Å². The van der Waals surface area contributed by atoms with Crippen LogP contribution in [0.1, 0.15) is 18.1 Å². The minimum absolute atomic E-state index is 0.231. The summed E-state index contributed by atoms with van der Waals surface area (Å²) >= 11 is 0. The van der Waals surface area contributed by atoms with Gasteiger partial charge in [0.1, 0.15) is 18.5 Å². The highest BCUT2D eigenvalue weighted by Gasteiger charge is 2.40. The number of rotatable bonds is 10. The molecule has 0 aliphatic rings. The second-order valence-corrected chi connectivity index (χ2v) is 6.95. The first-order valence-electron chi connectivity index (χ1n) is 9.17. The number of likely N-dealkylation sites (N-methyl/N-ethyl adjacent to an activating group) is 1. The fourth-order valence-electron chi connectivity index (χ4n) is 2.75. The summed E-state index contributed by atoms with van der Waals surface area (Å²) in [6.07, 6.45) is -3.79. The second-order valence-electron chi connectivity index (χ2n) is 6.95. The van der Waals surface area contributed by atoms with E-state index in [0.29, 0.717) is 16.8 Å². The van der Waals surface area contributed by atoms with Crippen molar-refractivity contribution in [3.8, 4) is 0 Å². The Bertz CT molecular complexity index is 848. The highest BCUT2D eigenvalue weighted by atomic mass is 19.3. The van der Waals surface area contributed by atoms with Crippen molar-refractivity contribution in [3.05, 3.63) is 65.5 Å². The minimum atomic E-state index is -4.21.